The van der Waals surface area contributed by atoms with Crippen LogP contribution in [0.4, 0.5) is 5.69 Å². The van der Waals surface area contributed by atoms with Crippen molar-refractivity contribution in [3.63, 3.8) is 0 Å². The van der Waals surface area contributed by atoms with E-state index >= 15 is 0 Å². The number of carbonyl (C=O) groups is 1. The molecule has 0 aliphatic carbocycles. The molecule has 0 radical (unpaired) electrons. The zero-order valence-corrected chi connectivity index (χ0v) is 11.5. The van der Waals surface area contributed by atoms with Crippen molar-refractivity contribution in [3.8, 4) is 5.75 Å². The minimum Gasteiger partial charge on any atom is -0.495 e. The van der Waals surface area contributed by atoms with E-state index in [1.54, 1.807) is 32.2 Å². The van der Waals surface area contributed by atoms with E-state index in [-0.39, 0.29) is 18.3 Å². The smallest absolute Gasteiger partial charge is 0.243 e. The number of ether oxygens (including phenoxy) is 1. The molecule has 0 saturated heterocycles. The summed E-state index contributed by atoms with van der Waals surface area (Å²) in [5.41, 5.74) is 6.21. The van der Waals surface area contributed by atoms with Gasteiger partial charge in [-0.05, 0) is 25.1 Å². The molecule has 1 aromatic rings. The maximum Gasteiger partial charge on any atom is 0.243 e. The lowest BCUT2D eigenvalue weighted by atomic mass is 10.2. The van der Waals surface area contributed by atoms with Crippen LogP contribution in [0.25, 0.3) is 0 Å². The van der Waals surface area contributed by atoms with E-state index in [1.807, 2.05) is 0 Å². The molecule has 0 fully saturated rings. The number of anilines is 1. The topological polar surface area (TPSA) is 55.6 Å². The number of benzene rings is 1. The minimum absolute atomic E-state index is 0. The number of likely N-dealkylation sites (N-methyl/N-ethyl adjacent to an activating group) is 1. The van der Waals surface area contributed by atoms with Crippen LogP contribution in [0, 0.1) is 0 Å². The van der Waals surface area contributed by atoms with Gasteiger partial charge in [-0.1, -0.05) is 11.6 Å². The second kappa shape index (κ2) is 6.69. The van der Waals surface area contributed by atoms with Crippen molar-refractivity contribution < 1.29 is 9.53 Å². The lowest BCUT2D eigenvalue weighted by Crippen LogP contribution is -2.39. The molecule has 2 N–H and O–H groups in total. The van der Waals surface area contributed by atoms with Crippen LogP contribution in [0.15, 0.2) is 18.2 Å². The monoisotopic (exact) mass is 278 g/mol. The zero-order chi connectivity index (χ0) is 12.3. The fraction of sp³-hybridized carbons (Fsp3) is 0.364. The van der Waals surface area contributed by atoms with Crippen molar-refractivity contribution in [1.82, 2.24) is 0 Å². The van der Waals surface area contributed by atoms with Gasteiger partial charge in [0.1, 0.15) is 5.75 Å². The van der Waals surface area contributed by atoms with Crippen molar-refractivity contribution in [3.05, 3.63) is 23.2 Å². The first-order chi connectivity index (χ1) is 7.47. The third kappa shape index (κ3) is 3.77. The van der Waals surface area contributed by atoms with Crippen LogP contribution in [-0.4, -0.2) is 26.1 Å². The van der Waals surface area contributed by atoms with Gasteiger partial charge in [0.2, 0.25) is 5.91 Å². The molecule has 1 rings (SSSR count). The number of rotatable bonds is 3. The Hall–Kier alpha value is -0.970. The summed E-state index contributed by atoms with van der Waals surface area (Å²) in [5, 5.41) is 0.462. The molecule has 1 amide bonds. The maximum absolute atomic E-state index is 11.6. The van der Waals surface area contributed by atoms with Crippen LogP contribution in [0.3, 0.4) is 0 Å². The summed E-state index contributed by atoms with van der Waals surface area (Å²) in [6.07, 6.45) is 0. The highest BCUT2D eigenvalue weighted by Gasteiger charge is 2.15. The summed E-state index contributed by atoms with van der Waals surface area (Å²) in [6.45, 7) is 1.64. The van der Waals surface area contributed by atoms with Gasteiger partial charge in [-0.3, -0.25) is 4.79 Å². The molecule has 0 spiro atoms. The molecule has 0 aromatic heterocycles. The summed E-state index contributed by atoms with van der Waals surface area (Å²) < 4.78 is 5.03. The molecule has 1 aromatic carbocycles. The van der Waals surface area contributed by atoms with Gasteiger partial charge in [-0.25, -0.2) is 0 Å². The van der Waals surface area contributed by atoms with Crippen molar-refractivity contribution in [2.75, 3.05) is 19.1 Å². The van der Waals surface area contributed by atoms with Crippen LogP contribution >= 0.6 is 24.0 Å². The van der Waals surface area contributed by atoms with Crippen molar-refractivity contribution in [2.24, 2.45) is 5.73 Å². The van der Waals surface area contributed by atoms with Gasteiger partial charge in [-0.15, -0.1) is 12.4 Å². The first-order valence-electron chi connectivity index (χ1n) is 4.84. The van der Waals surface area contributed by atoms with Crippen molar-refractivity contribution in [1.29, 1.82) is 0 Å². The second-order valence-corrected chi connectivity index (χ2v) is 3.91. The van der Waals surface area contributed by atoms with Gasteiger partial charge in [0.15, 0.2) is 0 Å². The second-order valence-electron chi connectivity index (χ2n) is 3.50. The average Bonchev–Trinajstić information content (AvgIpc) is 2.26. The Balaban J connectivity index is 0.00000256. The fourth-order valence-electron chi connectivity index (χ4n) is 1.30. The summed E-state index contributed by atoms with van der Waals surface area (Å²) >= 11 is 5.96. The molecule has 0 heterocycles. The standard InChI is InChI=1S/C11H15ClN2O2.ClH/c1-7(13)11(15)14(2)8-4-5-10(16-3)9(12)6-8;/h4-7H,13H2,1-3H3;1H. The van der Waals surface area contributed by atoms with Crippen molar-refractivity contribution >= 4 is 35.6 Å². The number of halogens is 2. The summed E-state index contributed by atoms with van der Waals surface area (Å²) in [7, 11) is 3.20. The van der Waals surface area contributed by atoms with Gasteiger partial charge >= 0.3 is 0 Å². The summed E-state index contributed by atoms with van der Waals surface area (Å²) in [5.74, 6) is 0.410. The largest absolute Gasteiger partial charge is 0.495 e. The Labute approximate surface area is 112 Å². The van der Waals surface area contributed by atoms with Gasteiger partial charge in [0.25, 0.3) is 0 Å². The predicted molar refractivity (Wildman–Crippen MR) is 72.3 cm³/mol. The molecule has 6 heteroatoms. The Morgan fingerprint density at radius 1 is 1.53 bits per heavy atom. The highest BCUT2D eigenvalue weighted by Crippen LogP contribution is 2.28. The maximum atomic E-state index is 11.6. The number of nitrogens with zero attached hydrogens (tertiary/aromatic N) is 1. The molecule has 1 unspecified atom stereocenters. The zero-order valence-electron chi connectivity index (χ0n) is 9.94. The first-order valence-corrected chi connectivity index (χ1v) is 5.22. The normalized spacial score (nSPS) is 11.4. The molecule has 4 nitrogen and oxygen atoms in total. The van der Waals surface area contributed by atoms with Crippen LogP contribution in [0.2, 0.25) is 5.02 Å². The van der Waals surface area contributed by atoms with Crippen molar-refractivity contribution in [2.45, 2.75) is 13.0 Å². The van der Waals surface area contributed by atoms with Gasteiger partial charge in [-0.2, -0.15) is 0 Å². The van der Waals surface area contributed by atoms with E-state index in [9.17, 15) is 4.79 Å². The van der Waals surface area contributed by atoms with Crippen LogP contribution in [0.1, 0.15) is 6.92 Å². The molecule has 1 atom stereocenters. The number of hydrogen-bond acceptors (Lipinski definition) is 3. The molecule has 0 saturated carbocycles. The number of hydrogen-bond donors (Lipinski definition) is 1. The van der Waals surface area contributed by atoms with E-state index in [0.29, 0.717) is 16.5 Å². The Bertz CT molecular complexity index is 397. The third-order valence-electron chi connectivity index (χ3n) is 2.24. The van der Waals surface area contributed by atoms with Crippen LogP contribution < -0.4 is 15.4 Å². The minimum atomic E-state index is -0.536. The molecular formula is C11H16Cl2N2O2. The van der Waals surface area contributed by atoms with Gasteiger partial charge in [0, 0.05) is 12.7 Å². The fourth-order valence-corrected chi connectivity index (χ4v) is 1.55. The SMILES string of the molecule is COc1ccc(N(C)C(=O)C(C)N)cc1Cl.Cl. The number of methoxy groups -OCH3 is 1. The van der Waals surface area contributed by atoms with E-state index in [4.69, 9.17) is 22.1 Å². The van der Waals surface area contributed by atoms with E-state index in [0.717, 1.165) is 0 Å². The summed E-state index contributed by atoms with van der Waals surface area (Å²) in [6, 6.07) is 4.60. The highest BCUT2D eigenvalue weighted by atomic mass is 35.5. The first kappa shape index (κ1) is 16.0. The Morgan fingerprint density at radius 2 is 2.12 bits per heavy atom. The quantitative estimate of drug-likeness (QED) is 0.921. The lowest BCUT2D eigenvalue weighted by Gasteiger charge is -2.20. The number of nitrogens with two attached hydrogens (primary N) is 1. The van der Waals surface area contributed by atoms with E-state index < -0.39 is 6.04 Å². The average molecular weight is 279 g/mol. The van der Waals surface area contributed by atoms with Gasteiger partial charge < -0.3 is 15.4 Å². The predicted octanol–water partition coefficient (Wildman–Crippen LogP) is 2.08. The molecule has 0 bridgehead atoms. The van der Waals surface area contributed by atoms with E-state index in [1.165, 1.54) is 12.0 Å². The molecule has 0 aliphatic heterocycles. The van der Waals surface area contributed by atoms with Crippen LogP contribution in [-0.2, 0) is 4.79 Å². The molecule has 96 valence electrons. The molecule has 0 aliphatic rings. The van der Waals surface area contributed by atoms with Gasteiger partial charge in [0.05, 0.1) is 18.2 Å². The number of amides is 1. The highest BCUT2D eigenvalue weighted by molar-refractivity contribution is 6.32. The number of carbonyl (C=O) groups excluding carboxylic acids is 1. The van der Waals surface area contributed by atoms with Crippen LogP contribution in [0.5, 0.6) is 5.75 Å². The Morgan fingerprint density at radius 3 is 2.53 bits per heavy atom. The molecule has 17 heavy (non-hydrogen) atoms. The third-order valence-corrected chi connectivity index (χ3v) is 2.54. The lowest BCUT2D eigenvalue weighted by molar-refractivity contribution is -0.119. The Kier molecular flexibility index (Phi) is 6.31. The van der Waals surface area contributed by atoms with E-state index in [2.05, 4.69) is 0 Å². The summed E-state index contributed by atoms with van der Waals surface area (Å²) in [4.78, 5) is 13.1. The molecular weight excluding hydrogens is 263 g/mol.